The van der Waals surface area contributed by atoms with E-state index in [0.29, 0.717) is 0 Å². The molecule has 2 radical (unpaired) electrons. The molecule has 1 aliphatic rings. The molecule has 1 aliphatic heterocycles. The molecule has 7 nitrogen and oxygen atoms in total. The Balaban J connectivity index is 2.76. The van der Waals surface area contributed by atoms with Crippen LogP contribution in [0.3, 0.4) is 0 Å². The predicted octanol–water partition coefficient (Wildman–Crippen LogP) is -1.51. The molecule has 4 atom stereocenters. The zero-order valence-electron chi connectivity index (χ0n) is 8.90. The summed E-state index contributed by atoms with van der Waals surface area (Å²) in [5, 5.41) is 19.2. The van der Waals surface area contributed by atoms with Crippen LogP contribution in [0.4, 0.5) is 0 Å². The molecular formula is C7H14BO7P. The van der Waals surface area contributed by atoms with Crippen LogP contribution in [0, 0.1) is 0 Å². The molecule has 4 unspecified atom stereocenters. The first kappa shape index (κ1) is 14.1. The van der Waals surface area contributed by atoms with Gasteiger partial charge in [-0.05, 0) is 13.8 Å². The Morgan fingerprint density at radius 2 is 1.88 bits per heavy atom. The van der Waals surface area contributed by atoms with Crippen molar-refractivity contribution in [3.05, 3.63) is 0 Å². The summed E-state index contributed by atoms with van der Waals surface area (Å²) in [6.07, 6.45) is -2.76. The van der Waals surface area contributed by atoms with E-state index in [0.717, 1.165) is 0 Å². The molecule has 4 N–H and O–H groups in total. The van der Waals surface area contributed by atoms with Crippen LogP contribution in [0.15, 0.2) is 0 Å². The fourth-order valence-corrected chi connectivity index (χ4v) is 2.02. The number of phosphoric acid groups is 1. The van der Waals surface area contributed by atoms with Crippen molar-refractivity contribution in [2.45, 2.75) is 37.2 Å². The van der Waals surface area contributed by atoms with Crippen LogP contribution in [-0.4, -0.2) is 57.8 Å². The number of aliphatic hydroxyl groups excluding tert-OH is 2. The van der Waals surface area contributed by atoms with Crippen molar-refractivity contribution in [1.82, 2.24) is 0 Å². The van der Waals surface area contributed by atoms with Gasteiger partial charge < -0.3 is 24.7 Å². The van der Waals surface area contributed by atoms with Crippen molar-refractivity contribution >= 4 is 15.7 Å². The maximum Gasteiger partial charge on any atom is 0.469 e. The molecule has 0 spiro atoms. The SMILES string of the molecule is [B]C1(C)OC(C)(COP(=O)(O)O)C(O)C1O. The van der Waals surface area contributed by atoms with Crippen LogP contribution in [0.2, 0.25) is 0 Å². The van der Waals surface area contributed by atoms with Gasteiger partial charge in [-0.2, -0.15) is 0 Å². The van der Waals surface area contributed by atoms with E-state index < -0.39 is 37.7 Å². The maximum absolute atomic E-state index is 10.5. The summed E-state index contributed by atoms with van der Waals surface area (Å²) in [6, 6.07) is 0. The monoisotopic (exact) mass is 252 g/mol. The second-order valence-electron chi connectivity index (χ2n) is 4.25. The highest BCUT2D eigenvalue weighted by molar-refractivity contribution is 7.46. The van der Waals surface area contributed by atoms with Crippen molar-refractivity contribution in [2.24, 2.45) is 0 Å². The molecule has 1 saturated heterocycles. The second kappa shape index (κ2) is 4.06. The van der Waals surface area contributed by atoms with Crippen LogP contribution >= 0.6 is 7.82 Å². The standard InChI is InChI=1S/C7H14BO7P/c1-6(3-14-16(11,12)13)4(9)5(10)7(2,8)15-6/h4-5,9-10H,3H2,1-2H3,(H2,11,12,13). The van der Waals surface area contributed by atoms with Gasteiger partial charge in [0.1, 0.15) is 25.7 Å². The molecule has 9 heteroatoms. The van der Waals surface area contributed by atoms with E-state index in [1.807, 2.05) is 0 Å². The van der Waals surface area contributed by atoms with E-state index in [1.54, 1.807) is 0 Å². The summed E-state index contributed by atoms with van der Waals surface area (Å²) in [4.78, 5) is 17.1. The van der Waals surface area contributed by atoms with Crippen molar-refractivity contribution in [3.63, 3.8) is 0 Å². The van der Waals surface area contributed by atoms with Crippen LogP contribution < -0.4 is 0 Å². The first-order chi connectivity index (χ1) is 6.98. The lowest BCUT2D eigenvalue weighted by molar-refractivity contribution is -0.104. The Morgan fingerprint density at radius 3 is 2.19 bits per heavy atom. The van der Waals surface area contributed by atoms with Crippen LogP contribution in [0.25, 0.3) is 0 Å². The number of hydrogen-bond acceptors (Lipinski definition) is 5. The summed E-state index contributed by atoms with van der Waals surface area (Å²) < 4.78 is 19.9. The van der Waals surface area contributed by atoms with E-state index in [1.165, 1.54) is 13.8 Å². The van der Waals surface area contributed by atoms with E-state index in [-0.39, 0.29) is 0 Å². The molecule has 1 heterocycles. The molecule has 0 aromatic heterocycles. The zero-order valence-corrected chi connectivity index (χ0v) is 9.79. The lowest BCUT2D eigenvalue weighted by Gasteiger charge is -2.28. The molecule has 92 valence electrons. The first-order valence-corrected chi connectivity index (χ1v) is 6.06. The van der Waals surface area contributed by atoms with E-state index in [4.69, 9.17) is 22.4 Å². The molecule has 1 fully saturated rings. The van der Waals surface area contributed by atoms with E-state index in [2.05, 4.69) is 4.52 Å². The third-order valence-electron chi connectivity index (χ3n) is 2.48. The third-order valence-corrected chi connectivity index (χ3v) is 2.95. The van der Waals surface area contributed by atoms with Gasteiger partial charge in [0.15, 0.2) is 0 Å². The topological polar surface area (TPSA) is 116 Å². The van der Waals surface area contributed by atoms with Gasteiger partial charge >= 0.3 is 7.82 Å². The number of rotatable bonds is 3. The first-order valence-electron chi connectivity index (χ1n) is 4.53. The Labute approximate surface area is 94.0 Å². The van der Waals surface area contributed by atoms with Crippen LogP contribution in [0.1, 0.15) is 13.8 Å². The minimum absolute atomic E-state index is 0.581. The molecule has 0 bridgehead atoms. The van der Waals surface area contributed by atoms with Crippen molar-refractivity contribution < 1.29 is 33.8 Å². The van der Waals surface area contributed by atoms with Crippen molar-refractivity contribution in [1.29, 1.82) is 0 Å². The van der Waals surface area contributed by atoms with Gasteiger partial charge in [-0.15, -0.1) is 0 Å². The van der Waals surface area contributed by atoms with Gasteiger partial charge in [-0.1, -0.05) is 0 Å². The average Bonchev–Trinajstić information content (AvgIpc) is 2.24. The summed E-state index contributed by atoms with van der Waals surface area (Å²) >= 11 is 0. The number of phosphoric ester groups is 1. The lowest BCUT2D eigenvalue weighted by Crippen LogP contribution is -2.44. The molecule has 1 rings (SSSR count). The van der Waals surface area contributed by atoms with Gasteiger partial charge in [-0.3, -0.25) is 4.52 Å². The van der Waals surface area contributed by atoms with Gasteiger partial charge in [0, 0.05) is 0 Å². The number of ether oxygens (including phenoxy) is 1. The number of aliphatic hydroxyl groups is 2. The Kier molecular flexibility index (Phi) is 3.58. The average molecular weight is 252 g/mol. The minimum Gasteiger partial charge on any atom is -0.388 e. The Bertz CT molecular complexity index is 316. The summed E-state index contributed by atoms with van der Waals surface area (Å²) in [5.74, 6) is 0. The Morgan fingerprint density at radius 1 is 1.38 bits per heavy atom. The normalized spacial score (nSPS) is 44.9. The minimum atomic E-state index is -4.66. The van der Waals surface area contributed by atoms with Crippen LogP contribution in [-0.2, 0) is 13.8 Å². The quantitative estimate of drug-likeness (QED) is 0.356. The molecule has 0 saturated carbocycles. The van der Waals surface area contributed by atoms with E-state index >= 15 is 0 Å². The maximum atomic E-state index is 10.5. The zero-order chi connectivity index (χ0) is 12.8. The molecule has 0 aliphatic carbocycles. The van der Waals surface area contributed by atoms with Gasteiger partial charge in [0.05, 0.1) is 12.1 Å². The van der Waals surface area contributed by atoms with Crippen LogP contribution in [0.5, 0.6) is 0 Å². The van der Waals surface area contributed by atoms with Crippen molar-refractivity contribution in [3.8, 4) is 0 Å². The highest BCUT2D eigenvalue weighted by atomic mass is 31.2. The van der Waals surface area contributed by atoms with Gasteiger partial charge in [0.2, 0.25) is 0 Å². The highest BCUT2D eigenvalue weighted by Crippen LogP contribution is 2.42. The second-order valence-corrected chi connectivity index (χ2v) is 5.49. The third kappa shape index (κ3) is 2.84. The summed E-state index contributed by atoms with van der Waals surface area (Å²) in [7, 11) is 0.882. The highest BCUT2D eigenvalue weighted by Gasteiger charge is 2.55. The number of hydrogen-bond donors (Lipinski definition) is 4. The van der Waals surface area contributed by atoms with E-state index in [9.17, 15) is 14.8 Å². The molecule has 16 heavy (non-hydrogen) atoms. The summed E-state index contributed by atoms with van der Waals surface area (Å²) in [6.45, 7) is 2.11. The predicted molar refractivity (Wildman–Crippen MR) is 53.7 cm³/mol. The summed E-state index contributed by atoms with van der Waals surface area (Å²) in [5.41, 5.74) is -2.96. The molecular weight excluding hydrogens is 238 g/mol. The largest absolute Gasteiger partial charge is 0.469 e. The smallest absolute Gasteiger partial charge is 0.388 e. The van der Waals surface area contributed by atoms with Gasteiger partial charge in [-0.25, -0.2) is 4.57 Å². The fraction of sp³-hybridized carbons (Fsp3) is 1.00. The molecule has 0 aromatic rings. The molecule has 0 amide bonds. The lowest BCUT2D eigenvalue weighted by atomic mass is 9.78. The Hall–Kier alpha value is 0.0549. The van der Waals surface area contributed by atoms with Gasteiger partial charge in [0.25, 0.3) is 0 Å². The van der Waals surface area contributed by atoms with Crippen molar-refractivity contribution in [2.75, 3.05) is 6.61 Å². The fourth-order valence-electron chi connectivity index (χ4n) is 1.60. The molecule has 0 aromatic carbocycles.